The third-order valence-electron chi connectivity index (χ3n) is 5.68. The van der Waals surface area contributed by atoms with Crippen LogP contribution in [-0.4, -0.2) is 42.5 Å². The largest absolute Gasteiger partial charge is 0.479 e. The summed E-state index contributed by atoms with van der Waals surface area (Å²) in [5, 5.41) is 18.6. The fourth-order valence-electron chi connectivity index (χ4n) is 3.98. The highest BCUT2D eigenvalue weighted by molar-refractivity contribution is 6.34. The second-order valence-electron chi connectivity index (χ2n) is 7.71. The van der Waals surface area contributed by atoms with Gasteiger partial charge in [0, 0.05) is 23.9 Å². The summed E-state index contributed by atoms with van der Waals surface area (Å²) in [4.78, 5) is 5.63. The number of fused-ring (bicyclic) bond motifs is 2. The van der Waals surface area contributed by atoms with Crippen molar-refractivity contribution in [3.05, 3.63) is 64.6 Å². The molecule has 0 spiro atoms. The van der Waals surface area contributed by atoms with Crippen LogP contribution in [0.3, 0.4) is 0 Å². The van der Waals surface area contributed by atoms with E-state index in [2.05, 4.69) is 16.3 Å². The highest BCUT2D eigenvalue weighted by Gasteiger charge is 2.24. The van der Waals surface area contributed by atoms with Crippen molar-refractivity contribution in [3.8, 4) is 23.2 Å². The molecule has 5 heterocycles. The monoisotopic (exact) mass is 469 g/mol. The van der Waals surface area contributed by atoms with Gasteiger partial charge in [-0.1, -0.05) is 11.6 Å². The SMILES string of the molecule is Cc1c(-c2cc(OC(CF)c3ccc(F)cn3)c3c(Cl)cnn3c2)nn2c1CN(C#N)CC2. The lowest BCUT2D eigenvalue weighted by Crippen LogP contribution is -2.30. The second-order valence-corrected chi connectivity index (χ2v) is 8.11. The maximum atomic E-state index is 13.9. The van der Waals surface area contributed by atoms with Crippen molar-refractivity contribution in [1.82, 2.24) is 29.3 Å². The molecule has 168 valence electrons. The molecule has 0 amide bonds. The zero-order valence-electron chi connectivity index (χ0n) is 17.5. The third-order valence-corrected chi connectivity index (χ3v) is 5.96. The topological polar surface area (TPSA) is 84.3 Å². The van der Waals surface area contributed by atoms with E-state index >= 15 is 0 Å². The molecule has 0 saturated heterocycles. The van der Waals surface area contributed by atoms with Crippen molar-refractivity contribution >= 4 is 17.1 Å². The Kier molecular flexibility index (Phi) is 5.34. The van der Waals surface area contributed by atoms with E-state index < -0.39 is 18.6 Å². The first-order valence-electron chi connectivity index (χ1n) is 10.2. The van der Waals surface area contributed by atoms with Crippen LogP contribution in [0.2, 0.25) is 5.02 Å². The highest BCUT2D eigenvalue weighted by Crippen LogP contribution is 2.36. The number of hydrogen-bond donors (Lipinski definition) is 0. The van der Waals surface area contributed by atoms with Crippen molar-refractivity contribution in [3.63, 3.8) is 0 Å². The number of nitrogens with zero attached hydrogens (tertiary/aromatic N) is 7. The van der Waals surface area contributed by atoms with Gasteiger partial charge in [0.15, 0.2) is 12.3 Å². The second kappa shape index (κ2) is 8.33. The van der Waals surface area contributed by atoms with Gasteiger partial charge in [-0.15, -0.1) is 0 Å². The smallest absolute Gasteiger partial charge is 0.179 e. The summed E-state index contributed by atoms with van der Waals surface area (Å²) in [7, 11) is 0. The summed E-state index contributed by atoms with van der Waals surface area (Å²) < 4.78 is 36.6. The van der Waals surface area contributed by atoms with Crippen LogP contribution < -0.4 is 4.74 Å². The number of halogens is 3. The van der Waals surface area contributed by atoms with Crippen LogP contribution in [-0.2, 0) is 13.1 Å². The standard InChI is InChI=1S/C22H18ClF2N7O/c1-13-18-11-30(12-26)4-5-31(18)29-21(13)14-6-19(22-16(23)9-28-32(22)10-14)33-20(7-24)17-3-2-15(25)8-27-17/h2-3,6,8-10,20H,4-5,7,11H2,1H3. The van der Waals surface area contributed by atoms with E-state index in [0.717, 1.165) is 17.5 Å². The van der Waals surface area contributed by atoms with Crippen molar-refractivity contribution in [1.29, 1.82) is 5.26 Å². The molecule has 1 atom stereocenters. The Morgan fingerprint density at radius 1 is 1.30 bits per heavy atom. The third kappa shape index (κ3) is 3.74. The summed E-state index contributed by atoms with van der Waals surface area (Å²) in [6, 6.07) is 4.32. The molecule has 5 rings (SSSR count). The normalized spacial score (nSPS) is 14.2. The van der Waals surface area contributed by atoms with Crippen LogP contribution >= 0.6 is 11.6 Å². The molecule has 11 heteroatoms. The van der Waals surface area contributed by atoms with E-state index in [9.17, 15) is 14.0 Å². The van der Waals surface area contributed by atoms with Crippen LogP contribution in [0.1, 0.15) is 23.1 Å². The molecule has 1 aliphatic rings. The molecule has 0 bridgehead atoms. The minimum atomic E-state index is -1.06. The predicted molar refractivity (Wildman–Crippen MR) is 116 cm³/mol. The molecule has 4 aromatic rings. The lowest BCUT2D eigenvalue weighted by Gasteiger charge is -2.22. The van der Waals surface area contributed by atoms with Gasteiger partial charge >= 0.3 is 0 Å². The van der Waals surface area contributed by atoms with Gasteiger partial charge in [-0.2, -0.15) is 15.5 Å². The molecule has 0 aromatic carbocycles. The van der Waals surface area contributed by atoms with Crippen molar-refractivity contribution in [2.24, 2.45) is 0 Å². The quantitative estimate of drug-likeness (QED) is 0.409. The van der Waals surface area contributed by atoms with Gasteiger partial charge < -0.3 is 9.64 Å². The Morgan fingerprint density at radius 3 is 2.88 bits per heavy atom. The highest BCUT2D eigenvalue weighted by atomic mass is 35.5. The van der Waals surface area contributed by atoms with Crippen LogP contribution in [0.25, 0.3) is 16.8 Å². The van der Waals surface area contributed by atoms with E-state index in [-0.39, 0.29) is 5.69 Å². The number of pyridine rings is 2. The summed E-state index contributed by atoms with van der Waals surface area (Å²) >= 11 is 6.34. The van der Waals surface area contributed by atoms with E-state index in [0.29, 0.717) is 47.2 Å². The lowest BCUT2D eigenvalue weighted by molar-refractivity contribution is 0.164. The Bertz CT molecular complexity index is 1380. The molecule has 0 aliphatic carbocycles. The number of alkyl halides is 1. The molecular weight excluding hydrogens is 452 g/mol. The summed E-state index contributed by atoms with van der Waals surface area (Å²) in [6.45, 7) is 2.75. The fourth-order valence-corrected chi connectivity index (χ4v) is 4.20. The molecular formula is C22H18ClF2N7O. The van der Waals surface area contributed by atoms with Crippen LogP contribution in [0.4, 0.5) is 8.78 Å². The first kappa shape index (κ1) is 21.2. The molecule has 0 saturated carbocycles. The fraction of sp³-hybridized carbons (Fsp3) is 0.273. The zero-order valence-corrected chi connectivity index (χ0v) is 18.3. The van der Waals surface area contributed by atoms with Gasteiger partial charge in [0.2, 0.25) is 0 Å². The first-order valence-corrected chi connectivity index (χ1v) is 10.6. The Hall–Kier alpha value is -3.71. The molecule has 33 heavy (non-hydrogen) atoms. The van der Waals surface area contributed by atoms with Gasteiger partial charge in [-0.05, 0) is 25.1 Å². The summed E-state index contributed by atoms with van der Waals surface area (Å²) in [5.74, 6) is -0.221. The lowest BCUT2D eigenvalue weighted by atomic mass is 10.1. The maximum absolute atomic E-state index is 13.9. The molecule has 4 aromatic heterocycles. The van der Waals surface area contributed by atoms with Gasteiger partial charge in [-0.3, -0.25) is 9.67 Å². The molecule has 1 aliphatic heterocycles. The molecule has 8 nitrogen and oxygen atoms in total. The van der Waals surface area contributed by atoms with E-state index in [1.54, 1.807) is 21.7 Å². The van der Waals surface area contributed by atoms with E-state index in [4.69, 9.17) is 21.4 Å². The molecule has 0 N–H and O–H groups in total. The van der Waals surface area contributed by atoms with E-state index in [1.807, 2.05) is 11.6 Å². The number of nitriles is 1. The maximum Gasteiger partial charge on any atom is 0.179 e. The minimum Gasteiger partial charge on any atom is -0.479 e. The average Bonchev–Trinajstić information content (AvgIpc) is 3.37. The number of aromatic nitrogens is 5. The van der Waals surface area contributed by atoms with Gasteiger partial charge in [0.1, 0.15) is 23.8 Å². The number of ether oxygens (including phenoxy) is 1. The van der Waals surface area contributed by atoms with E-state index in [1.165, 1.54) is 18.3 Å². The Labute approximate surface area is 192 Å². The number of rotatable bonds is 5. The zero-order chi connectivity index (χ0) is 23.1. The molecule has 0 radical (unpaired) electrons. The molecule has 0 fully saturated rings. The minimum absolute atomic E-state index is 0.253. The Morgan fingerprint density at radius 2 is 2.15 bits per heavy atom. The Balaban J connectivity index is 1.58. The summed E-state index contributed by atoms with van der Waals surface area (Å²) in [5.41, 5.74) is 4.02. The van der Waals surface area contributed by atoms with Crippen LogP contribution in [0.15, 0.2) is 36.8 Å². The van der Waals surface area contributed by atoms with Crippen molar-refractivity contribution in [2.75, 3.05) is 13.2 Å². The average molecular weight is 470 g/mol. The summed E-state index contributed by atoms with van der Waals surface area (Å²) in [6.07, 6.45) is 5.39. The van der Waals surface area contributed by atoms with Crippen molar-refractivity contribution < 1.29 is 13.5 Å². The number of hydrogen-bond acceptors (Lipinski definition) is 6. The van der Waals surface area contributed by atoms with Gasteiger partial charge in [-0.25, -0.2) is 13.3 Å². The van der Waals surface area contributed by atoms with Crippen molar-refractivity contribution in [2.45, 2.75) is 26.1 Å². The van der Waals surface area contributed by atoms with Crippen LogP contribution in [0, 0.1) is 24.2 Å². The van der Waals surface area contributed by atoms with Gasteiger partial charge in [0.25, 0.3) is 0 Å². The predicted octanol–water partition coefficient (Wildman–Crippen LogP) is 4.08. The molecule has 1 unspecified atom stereocenters. The van der Waals surface area contributed by atoms with Gasteiger partial charge in [0.05, 0.1) is 47.6 Å². The van der Waals surface area contributed by atoms with Crippen LogP contribution in [0.5, 0.6) is 5.75 Å². The first-order chi connectivity index (χ1) is 16.0.